The molecule has 0 spiro atoms. The Morgan fingerprint density at radius 1 is 1.10 bits per heavy atom. The van der Waals surface area contributed by atoms with Crippen LogP contribution in [0, 0.1) is 0 Å². The molecule has 0 heterocycles. The largest absolute Gasteiger partial charge is 0.488 e. The number of nitrogens with two attached hydrogens (primary N) is 1. The van der Waals surface area contributed by atoms with Gasteiger partial charge in [-0.1, -0.05) is 49.1 Å². The first-order valence-electron chi connectivity index (χ1n) is 5.75. The van der Waals surface area contributed by atoms with Crippen molar-refractivity contribution in [3.05, 3.63) is 62.5 Å². The second-order valence-corrected chi connectivity index (χ2v) is 5.87. The molecule has 2 aromatic carbocycles. The molecular formula is C14H12Br2N2O2. The Kier molecular flexibility index (Phi) is 5.03. The van der Waals surface area contributed by atoms with Crippen molar-refractivity contribution in [2.45, 2.75) is 6.61 Å². The molecule has 0 aliphatic heterocycles. The van der Waals surface area contributed by atoms with Gasteiger partial charge in [-0.25, -0.2) is 0 Å². The van der Waals surface area contributed by atoms with Crippen LogP contribution >= 0.6 is 31.9 Å². The summed E-state index contributed by atoms with van der Waals surface area (Å²) in [6.45, 7) is 0.398. The molecule has 20 heavy (non-hydrogen) atoms. The van der Waals surface area contributed by atoms with E-state index in [9.17, 15) is 0 Å². The van der Waals surface area contributed by atoms with E-state index < -0.39 is 0 Å². The minimum atomic E-state index is 0.0170. The SMILES string of the molecule is N/C(=N/O)c1ccc(Br)cc1OCc1ccc(Br)cc1. The van der Waals surface area contributed by atoms with Gasteiger partial charge in [-0.2, -0.15) is 0 Å². The summed E-state index contributed by atoms with van der Waals surface area (Å²) in [7, 11) is 0. The molecule has 2 rings (SSSR count). The fourth-order valence-corrected chi connectivity index (χ4v) is 2.23. The van der Waals surface area contributed by atoms with Gasteiger partial charge in [0.05, 0.1) is 5.56 Å². The Balaban J connectivity index is 2.20. The van der Waals surface area contributed by atoms with Crippen LogP contribution in [0.3, 0.4) is 0 Å². The molecule has 0 aliphatic rings. The third-order valence-corrected chi connectivity index (χ3v) is 3.66. The van der Waals surface area contributed by atoms with Gasteiger partial charge in [0.25, 0.3) is 0 Å². The van der Waals surface area contributed by atoms with Crippen molar-refractivity contribution in [2.75, 3.05) is 0 Å². The summed E-state index contributed by atoms with van der Waals surface area (Å²) in [5.74, 6) is 0.570. The highest BCUT2D eigenvalue weighted by atomic mass is 79.9. The van der Waals surface area contributed by atoms with Crippen molar-refractivity contribution < 1.29 is 9.94 Å². The molecule has 0 aliphatic carbocycles. The van der Waals surface area contributed by atoms with Gasteiger partial charge >= 0.3 is 0 Å². The predicted molar refractivity (Wildman–Crippen MR) is 85.1 cm³/mol. The number of rotatable bonds is 4. The smallest absolute Gasteiger partial charge is 0.173 e. The van der Waals surface area contributed by atoms with Gasteiger partial charge in [0, 0.05) is 8.95 Å². The molecule has 0 unspecified atom stereocenters. The maximum absolute atomic E-state index is 8.79. The van der Waals surface area contributed by atoms with Crippen LogP contribution < -0.4 is 10.5 Å². The number of ether oxygens (including phenoxy) is 1. The summed E-state index contributed by atoms with van der Waals surface area (Å²) in [4.78, 5) is 0. The van der Waals surface area contributed by atoms with Crippen LogP contribution in [-0.4, -0.2) is 11.0 Å². The van der Waals surface area contributed by atoms with E-state index in [1.807, 2.05) is 24.3 Å². The molecular weight excluding hydrogens is 388 g/mol. The van der Waals surface area contributed by atoms with E-state index in [1.165, 1.54) is 0 Å². The Labute approximate surface area is 133 Å². The second kappa shape index (κ2) is 6.76. The van der Waals surface area contributed by atoms with Crippen molar-refractivity contribution in [3.8, 4) is 5.75 Å². The second-order valence-electron chi connectivity index (χ2n) is 4.04. The van der Waals surface area contributed by atoms with Gasteiger partial charge in [-0.3, -0.25) is 0 Å². The van der Waals surface area contributed by atoms with Crippen LogP contribution in [0.25, 0.3) is 0 Å². The molecule has 0 amide bonds. The maximum Gasteiger partial charge on any atom is 0.173 e. The zero-order valence-corrected chi connectivity index (χ0v) is 13.6. The molecule has 2 aromatic rings. The summed E-state index contributed by atoms with van der Waals surface area (Å²) in [5.41, 5.74) is 7.21. The van der Waals surface area contributed by atoms with Gasteiger partial charge in [-0.05, 0) is 35.9 Å². The lowest BCUT2D eigenvalue weighted by Gasteiger charge is -2.11. The number of benzene rings is 2. The molecule has 0 saturated carbocycles. The molecule has 0 saturated heterocycles. The Morgan fingerprint density at radius 2 is 1.75 bits per heavy atom. The van der Waals surface area contributed by atoms with Crippen LogP contribution in [0.5, 0.6) is 5.75 Å². The third-order valence-electron chi connectivity index (χ3n) is 2.63. The number of oxime groups is 1. The summed E-state index contributed by atoms with van der Waals surface area (Å²) >= 11 is 6.76. The van der Waals surface area contributed by atoms with Gasteiger partial charge in [0.1, 0.15) is 12.4 Å². The topological polar surface area (TPSA) is 67.8 Å². The van der Waals surface area contributed by atoms with Crippen molar-refractivity contribution in [1.29, 1.82) is 0 Å². The average Bonchev–Trinajstić information content (AvgIpc) is 2.46. The van der Waals surface area contributed by atoms with Gasteiger partial charge in [0.15, 0.2) is 5.84 Å². The third kappa shape index (κ3) is 3.74. The number of nitrogens with zero attached hydrogens (tertiary/aromatic N) is 1. The first-order valence-corrected chi connectivity index (χ1v) is 7.33. The highest BCUT2D eigenvalue weighted by Gasteiger charge is 2.09. The minimum absolute atomic E-state index is 0.0170. The van der Waals surface area contributed by atoms with Crippen molar-refractivity contribution >= 4 is 37.7 Å². The predicted octanol–water partition coefficient (Wildman–Crippen LogP) is 3.89. The van der Waals surface area contributed by atoms with Crippen molar-refractivity contribution in [2.24, 2.45) is 10.9 Å². The Bertz CT molecular complexity index is 628. The number of amidine groups is 1. The minimum Gasteiger partial charge on any atom is -0.488 e. The van der Waals surface area contributed by atoms with E-state index in [4.69, 9.17) is 15.7 Å². The highest BCUT2D eigenvalue weighted by Crippen LogP contribution is 2.24. The number of hydrogen-bond donors (Lipinski definition) is 2. The molecule has 0 bridgehead atoms. The Morgan fingerprint density at radius 3 is 2.40 bits per heavy atom. The standard InChI is InChI=1S/C14H12Br2N2O2/c15-10-3-1-9(2-4-10)8-20-13-7-11(16)5-6-12(13)14(17)18-19/h1-7,19H,8H2,(H2,17,18). The van der Waals surface area contributed by atoms with Gasteiger partial charge in [-0.15, -0.1) is 0 Å². The quantitative estimate of drug-likeness (QED) is 0.354. The van der Waals surface area contributed by atoms with E-state index >= 15 is 0 Å². The molecule has 104 valence electrons. The Hall–Kier alpha value is -1.53. The summed E-state index contributed by atoms with van der Waals surface area (Å²) in [6.07, 6.45) is 0. The number of halogens is 2. The summed E-state index contributed by atoms with van der Waals surface area (Å²) in [5, 5.41) is 11.8. The molecule has 6 heteroatoms. The van der Waals surface area contributed by atoms with Crippen LogP contribution in [0.15, 0.2) is 56.6 Å². The van der Waals surface area contributed by atoms with E-state index in [0.29, 0.717) is 17.9 Å². The lowest BCUT2D eigenvalue weighted by Crippen LogP contribution is -2.14. The zero-order valence-electron chi connectivity index (χ0n) is 10.4. The highest BCUT2D eigenvalue weighted by molar-refractivity contribution is 9.10. The first kappa shape index (κ1) is 14.9. The fourth-order valence-electron chi connectivity index (χ4n) is 1.62. The molecule has 0 fully saturated rings. The molecule has 0 aromatic heterocycles. The molecule has 0 atom stereocenters. The monoisotopic (exact) mass is 398 g/mol. The van der Waals surface area contributed by atoms with E-state index in [2.05, 4.69) is 37.0 Å². The van der Waals surface area contributed by atoms with E-state index in [-0.39, 0.29) is 5.84 Å². The fraction of sp³-hybridized carbons (Fsp3) is 0.0714. The van der Waals surface area contributed by atoms with Gasteiger partial charge < -0.3 is 15.7 Å². The van der Waals surface area contributed by atoms with Crippen LogP contribution in [0.1, 0.15) is 11.1 Å². The summed E-state index contributed by atoms with van der Waals surface area (Å²) in [6, 6.07) is 13.1. The van der Waals surface area contributed by atoms with Crippen molar-refractivity contribution in [1.82, 2.24) is 0 Å². The maximum atomic E-state index is 8.79. The lowest BCUT2D eigenvalue weighted by molar-refractivity contribution is 0.303. The van der Waals surface area contributed by atoms with Crippen LogP contribution in [0.2, 0.25) is 0 Å². The zero-order chi connectivity index (χ0) is 14.5. The van der Waals surface area contributed by atoms with Gasteiger partial charge in [0.2, 0.25) is 0 Å². The van der Waals surface area contributed by atoms with E-state index in [1.54, 1.807) is 18.2 Å². The van der Waals surface area contributed by atoms with Crippen molar-refractivity contribution in [3.63, 3.8) is 0 Å². The lowest BCUT2D eigenvalue weighted by atomic mass is 10.2. The molecule has 3 N–H and O–H groups in total. The number of hydrogen-bond acceptors (Lipinski definition) is 3. The molecule has 4 nitrogen and oxygen atoms in total. The van der Waals surface area contributed by atoms with Crippen LogP contribution in [0.4, 0.5) is 0 Å². The average molecular weight is 400 g/mol. The van der Waals surface area contributed by atoms with E-state index in [0.717, 1.165) is 14.5 Å². The normalized spacial score (nSPS) is 11.4. The summed E-state index contributed by atoms with van der Waals surface area (Å²) < 4.78 is 7.62. The molecule has 0 radical (unpaired) electrons. The first-order chi connectivity index (χ1) is 9.60. The van der Waals surface area contributed by atoms with Crippen LogP contribution in [-0.2, 0) is 6.61 Å².